The van der Waals surface area contributed by atoms with Gasteiger partial charge >= 0.3 is 18.3 Å². The van der Waals surface area contributed by atoms with E-state index < -0.39 is 35.0 Å². The number of ether oxygens (including phenoxy) is 1. The van der Waals surface area contributed by atoms with Crippen LogP contribution in [0.5, 0.6) is 5.75 Å². The number of piperidine rings is 1. The van der Waals surface area contributed by atoms with E-state index in [2.05, 4.69) is 0 Å². The fourth-order valence-corrected chi connectivity index (χ4v) is 5.12. The number of halogens is 6. The van der Waals surface area contributed by atoms with Crippen molar-refractivity contribution in [3.8, 4) is 5.75 Å². The maximum Gasteiger partial charge on any atom is 0.416 e. The second-order valence-corrected chi connectivity index (χ2v) is 9.91. The zero-order chi connectivity index (χ0) is 26.8. The van der Waals surface area contributed by atoms with Crippen LogP contribution in [0.2, 0.25) is 0 Å². The molecule has 1 saturated carbocycles. The van der Waals surface area contributed by atoms with E-state index in [4.69, 9.17) is 4.74 Å². The van der Waals surface area contributed by atoms with E-state index >= 15 is 0 Å². The van der Waals surface area contributed by atoms with Gasteiger partial charge in [0.2, 0.25) is 0 Å². The van der Waals surface area contributed by atoms with Gasteiger partial charge in [-0.25, -0.2) is 0 Å². The topological polar surface area (TPSA) is 49.8 Å². The van der Waals surface area contributed by atoms with E-state index in [1.165, 1.54) is 0 Å². The highest BCUT2D eigenvalue weighted by Crippen LogP contribution is 2.45. The van der Waals surface area contributed by atoms with Crippen molar-refractivity contribution in [2.24, 2.45) is 5.92 Å². The number of hydrogen-bond acceptors (Lipinski definition) is 3. The summed E-state index contributed by atoms with van der Waals surface area (Å²) in [6.07, 6.45) is -5.31. The second kappa shape index (κ2) is 10.9. The summed E-state index contributed by atoms with van der Waals surface area (Å²) in [4.78, 5) is 13.1. The summed E-state index contributed by atoms with van der Waals surface area (Å²) in [7, 11) is 0. The van der Waals surface area contributed by atoms with Crippen molar-refractivity contribution in [2.75, 3.05) is 13.2 Å². The second-order valence-electron chi connectivity index (χ2n) is 9.91. The van der Waals surface area contributed by atoms with Crippen LogP contribution in [0.3, 0.4) is 0 Å². The molecule has 0 radical (unpaired) electrons. The Balaban J connectivity index is 1.49. The summed E-state index contributed by atoms with van der Waals surface area (Å²) in [5.41, 5.74) is -1.70. The third kappa shape index (κ3) is 7.18. The highest BCUT2D eigenvalue weighted by molar-refractivity contribution is 5.68. The third-order valence-electron chi connectivity index (χ3n) is 7.17. The predicted molar refractivity (Wildman–Crippen MR) is 124 cm³/mol. The molecule has 202 valence electrons. The Morgan fingerprint density at radius 1 is 1.00 bits per heavy atom. The van der Waals surface area contributed by atoms with Gasteiger partial charge in [-0.05, 0) is 85.5 Å². The molecule has 0 spiro atoms. The molecule has 0 aromatic heterocycles. The third-order valence-corrected chi connectivity index (χ3v) is 7.17. The maximum absolute atomic E-state index is 13.6. The SMILES string of the molecule is O=C(O)CC(c1cccc(OCC2CCCCN2Cc2cc(C(F)(F)F)ccc2C(F)(F)F)c1)C1CC1. The average Bonchev–Trinajstić information content (AvgIpc) is 3.66. The molecule has 1 aliphatic heterocycles. The number of hydrogen-bond donors (Lipinski definition) is 1. The summed E-state index contributed by atoms with van der Waals surface area (Å²) < 4.78 is 86.4. The van der Waals surface area contributed by atoms with Crippen molar-refractivity contribution in [3.05, 3.63) is 64.7 Å². The molecule has 2 aromatic rings. The molecule has 1 aliphatic carbocycles. The number of carboxylic acid groups (broad SMARTS) is 1. The van der Waals surface area contributed by atoms with Gasteiger partial charge in [-0.2, -0.15) is 26.3 Å². The number of alkyl halides is 6. The lowest BCUT2D eigenvalue weighted by atomic mass is 9.91. The van der Waals surface area contributed by atoms with E-state index in [1.54, 1.807) is 17.0 Å². The molecular weight excluding hydrogens is 500 g/mol. The standard InChI is InChI=1S/C27H29F6NO3/c28-26(29,30)20-9-10-24(27(31,32)33)19(12-20)15-34-11-2-1-5-21(34)16-37-22-6-3-4-18(13-22)23(14-25(35)36)17-7-8-17/h3-4,6,9-10,12-13,17,21,23H,1-2,5,7-8,11,14-16H2,(H,35,36). The minimum absolute atomic E-state index is 0.0308. The quantitative estimate of drug-likeness (QED) is 0.351. The van der Waals surface area contributed by atoms with Crippen LogP contribution in [-0.2, 0) is 23.7 Å². The summed E-state index contributed by atoms with van der Waals surface area (Å²) in [5.74, 6) is -0.104. The molecule has 4 nitrogen and oxygen atoms in total. The Morgan fingerprint density at radius 2 is 1.76 bits per heavy atom. The van der Waals surface area contributed by atoms with E-state index in [9.17, 15) is 36.2 Å². The zero-order valence-electron chi connectivity index (χ0n) is 20.1. The Kier molecular flexibility index (Phi) is 8.06. The molecule has 2 aliphatic rings. The van der Waals surface area contributed by atoms with Crippen molar-refractivity contribution in [1.29, 1.82) is 0 Å². The van der Waals surface area contributed by atoms with Crippen LogP contribution in [-0.4, -0.2) is 35.2 Å². The van der Waals surface area contributed by atoms with E-state index in [0.29, 0.717) is 42.8 Å². The van der Waals surface area contributed by atoms with Crippen LogP contribution >= 0.6 is 0 Å². The lowest BCUT2D eigenvalue weighted by Crippen LogP contribution is -2.43. The molecule has 2 unspecified atom stereocenters. The normalized spacial score (nSPS) is 20.0. The van der Waals surface area contributed by atoms with Crippen molar-refractivity contribution in [1.82, 2.24) is 4.90 Å². The minimum Gasteiger partial charge on any atom is -0.492 e. The van der Waals surface area contributed by atoms with Gasteiger partial charge in [0, 0.05) is 12.6 Å². The summed E-state index contributed by atoms with van der Waals surface area (Å²) in [6, 6.07) is 8.52. The molecule has 2 fully saturated rings. The lowest BCUT2D eigenvalue weighted by molar-refractivity contribution is -0.142. The first-order valence-corrected chi connectivity index (χ1v) is 12.4. The maximum atomic E-state index is 13.6. The molecule has 0 amide bonds. The first-order chi connectivity index (χ1) is 17.4. The van der Waals surface area contributed by atoms with Gasteiger partial charge in [0.25, 0.3) is 0 Å². The molecular formula is C27H29F6NO3. The molecule has 37 heavy (non-hydrogen) atoms. The summed E-state index contributed by atoms with van der Waals surface area (Å²) in [6.45, 7) is 0.343. The number of nitrogens with zero attached hydrogens (tertiary/aromatic N) is 1. The number of carbonyl (C=O) groups is 1. The van der Waals surface area contributed by atoms with Gasteiger partial charge < -0.3 is 9.84 Å². The van der Waals surface area contributed by atoms with Crippen LogP contribution in [0.15, 0.2) is 42.5 Å². The van der Waals surface area contributed by atoms with Crippen molar-refractivity contribution in [2.45, 2.75) is 69.4 Å². The van der Waals surface area contributed by atoms with Crippen molar-refractivity contribution in [3.63, 3.8) is 0 Å². The summed E-state index contributed by atoms with van der Waals surface area (Å²) in [5, 5.41) is 9.28. The molecule has 2 atom stereocenters. The molecule has 1 N–H and O–H groups in total. The zero-order valence-corrected chi connectivity index (χ0v) is 20.1. The summed E-state index contributed by atoms with van der Waals surface area (Å²) >= 11 is 0. The van der Waals surface area contributed by atoms with E-state index in [-0.39, 0.29) is 31.5 Å². The Labute approximate surface area is 211 Å². The van der Waals surface area contributed by atoms with Crippen LogP contribution in [0.4, 0.5) is 26.3 Å². The van der Waals surface area contributed by atoms with Crippen molar-refractivity contribution >= 4 is 5.97 Å². The van der Waals surface area contributed by atoms with Crippen LogP contribution in [0, 0.1) is 5.92 Å². The Hall–Kier alpha value is -2.75. The minimum atomic E-state index is -4.77. The highest BCUT2D eigenvalue weighted by atomic mass is 19.4. The highest BCUT2D eigenvalue weighted by Gasteiger charge is 2.38. The molecule has 10 heteroatoms. The Bertz CT molecular complexity index is 1100. The largest absolute Gasteiger partial charge is 0.492 e. The molecule has 2 aromatic carbocycles. The smallest absolute Gasteiger partial charge is 0.416 e. The molecule has 4 rings (SSSR count). The number of rotatable bonds is 9. The van der Waals surface area contributed by atoms with Gasteiger partial charge in [-0.15, -0.1) is 0 Å². The number of benzene rings is 2. The fraction of sp³-hybridized carbons (Fsp3) is 0.519. The van der Waals surface area contributed by atoms with Gasteiger partial charge in [0.1, 0.15) is 12.4 Å². The van der Waals surface area contributed by atoms with Crippen LogP contribution < -0.4 is 4.74 Å². The number of likely N-dealkylation sites (tertiary alicyclic amines) is 1. The van der Waals surface area contributed by atoms with E-state index in [0.717, 1.165) is 31.2 Å². The first kappa shape index (κ1) is 27.3. The van der Waals surface area contributed by atoms with Crippen molar-refractivity contribution < 1.29 is 41.0 Å². The fourth-order valence-electron chi connectivity index (χ4n) is 5.12. The van der Waals surface area contributed by atoms with Crippen LogP contribution in [0.25, 0.3) is 0 Å². The first-order valence-electron chi connectivity index (χ1n) is 12.4. The number of carboxylic acids is 1. The van der Waals surface area contributed by atoms with Gasteiger partial charge in [0.05, 0.1) is 17.5 Å². The predicted octanol–water partition coefficient (Wildman–Crippen LogP) is 7.13. The van der Waals surface area contributed by atoms with Crippen LogP contribution in [0.1, 0.15) is 66.7 Å². The molecule has 1 saturated heterocycles. The molecule has 1 heterocycles. The van der Waals surface area contributed by atoms with E-state index in [1.807, 2.05) is 12.1 Å². The monoisotopic (exact) mass is 529 g/mol. The van der Waals surface area contributed by atoms with Gasteiger partial charge in [0.15, 0.2) is 0 Å². The lowest BCUT2D eigenvalue weighted by Gasteiger charge is -2.36. The van der Waals surface area contributed by atoms with Gasteiger partial charge in [-0.3, -0.25) is 9.69 Å². The Morgan fingerprint density at radius 3 is 2.41 bits per heavy atom. The number of aliphatic carboxylic acids is 1. The molecule has 0 bridgehead atoms. The van der Waals surface area contributed by atoms with Gasteiger partial charge in [-0.1, -0.05) is 18.6 Å². The average molecular weight is 530 g/mol.